The van der Waals surface area contributed by atoms with Crippen LogP contribution in [-0.2, 0) is 37.5 Å². The maximum absolute atomic E-state index is 11.6. The summed E-state index contributed by atoms with van der Waals surface area (Å²) in [6.45, 7) is 3.90. The van der Waals surface area contributed by atoms with E-state index in [2.05, 4.69) is 12.3 Å². The molecule has 0 N–H and O–H groups in total. The van der Waals surface area contributed by atoms with Crippen LogP contribution in [0.25, 0.3) is 0 Å². The van der Waals surface area contributed by atoms with Gasteiger partial charge in [0, 0.05) is 57.7 Å². The van der Waals surface area contributed by atoms with Crippen molar-refractivity contribution in [2.45, 2.75) is 45.1 Å². The van der Waals surface area contributed by atoms with E-state index in [4.69, 9.17) is 0 Å². The maximum Gasteiger partial charge on any atom is 0.213 e. The molecular formula is C13H18NOY+. The average molecular weight is 293 g/mol. The van der Waals surface area contributed by atoms with Gasteiger partial charge in [0.05, 0.1) is 0 Å². The Morgan fingerprint density at radius 2 is 2.25 bits per heavy atom. The molecule has 1 aliphatic carbocycles. The Labute approximate surface area is 122 Å². The summed E-state index contributed by atoms with van der Waals surface area (Å²) in [4.78, 5) is 11.6. The molecule has 0 amide bonds. The summed E-state index contributed by atoms with van der Waals surface area (Å²) in [6, 6.07) is 4.19. The summed E-state index contributed by atoms with van der Waals surface area (Å²) >= 11 is 0. The van der Waals surface area contributed by atoms with Gasteiger partial charge in [0.25, 0.3) is 0 Å². The zero-order valence-electron chi connectivity index (χ0n) is 10.0. The SMILES string of the molecule is CCC(=O)C(C)[n+]1cccc(C2CC2)c1.[Y]. The number of aromatic nitrogens is 1. The number of nitrogens with zero attached hydrogens (tertiary/aromatic N) is 1. The number of rotatable bonds is 4. The van der Waals surface area contributed by atoms with Crippen molar-refractivity contribution in [2.75, 3.05) is 0 Å². The first kappa shape index (κ1) is 14.0. The van der Waals surface area contributed by atoms with Crippen LogP contribution in [-0.4, -0.2) is 5.78 Å². The van der Waals surface area contributed by atoms with Crippen LogP contribution in [0.1, 0.15) is 50.6 Å². The van der Waals surface area contributed by atoms with Crippen molar-refractivity contribution in [2.24, 2.45) is 0 Å². The van der Waals surface area contributed by atoms with Gasteiger partial charge in [0.1, 0.15) is 0 Å². The van der Waals surface area contributed by atoms with Gasteiger partial charge in [-0.25, -0.2) is 0 Å². The van der Waals surface area contributed by atoms with E-state index in [1.807, 2.05) is 30.7 Å². The molecule has 83 valence electrons. The van der Waals surface area contributed by atoms with Gasteiger partial charge in [-0.2, -0.15) is 4.57 Å². The van der Waals surface area contributed by atoms with Crippen molar-refractivity contribution < 1.29 is 42.1 Å². The number of Topliss-reactive ketones (excluding diaryl/α,β-unsaturated/α-hetero) is 1. The number of pyridine rings is 1. The minimum atomic E-state index is -0.0197. The van der Waals surface area contributed by atoms with Crippen LogP contribution in [0.15, 0.2) is 24.5 Å². The van der Waals surface area contributed by atoms with Crippen LogP contribution in [0.4, 0.5) is 0 Å². The number of hydrogen-bond acceptors (Lipinski definition) is 1. The third-order valence-electron chi connectivity index (χ3n) is 3.16. The van der Waals surface area contributed by atoms with Gasteiger partial charge in [-0.1, -0.05) is 6.92 Å². The molecule has 0 spiro atoms. The fourth-order valence-electron chi connectivity index (χ4n) is 1.87. The Bertz CT molecular complexity index is 374. The molecule has 0 bridgehead atoms. The van der Waals surface area contributed by atoms with Gasteiger partial charge in [-0.3, -0.25) is 4.79 Å². The number of carbonyl (C=O) groups is 1. The monoisotopic (exact) mass is 293 g/mol. The first-order valence-electron chi connectivity index (χ1n) is 5.75. The van der Waals surface area contributed by atoms with Crippen LogP contribution >= 0.6 is 0 Å². The van der Waals surface area contributed by atoms with E-state index in [1.165, 1.54) is 18.4 Å². The van der Waals surface area contributed by atoms with Crippen LogP contribution in [0.3, 0.4) is 0 Å². The Balaban J connectivity index is 0.00000128. The van der Waals surface area contributed by atoms with Crippen LogP contribution in [0, 0.1) is 0 Å². The molecule has 0 aromatic carbocycles. The molecule has 1 aliphatic rings. The van der Waals surface area contributed by atoms with Crippen molar-refractivity contribution in [3.8, 4) is 0 Å². The molecule has 0 aliphatic heterocycles. The zero-order valence-corrected chi connectivity index (χ0v) is 12.9. The zero-order chi connectivity index (χ0) is 10.8. The third-order valence-corrected chi connectivity index (χ3v) is 3.16. The first-order chi connectivity index (χ1) is 7.22. The third kappa shape index (κ3) is 3.21. The average Bonchev–Trinajstić information content (AvgIpc) is 3.11. The van der Waals surface area contributed by atoms with Gasteiger partial charge in [0.2, 0.25) is 6.04 Å². The molecule has 16 heavy (non-hydrogen) atoms. The summed E-state index contributed by atoms with van der Waals surface area (Å²) in [7, 11) is 0. The molecule has 2 nitrogen and oxygen atoms in total. The Hall–Kier alpha value is -0.0761. The summed E-state index contributed by atoms with van der Waals surface area (Å²) in [6.07, 6.45) is 7.35. The summed E-state index contributed by atoms with van der Waals surface area (Å²) in [5.41, 5.74) is 1.38. The Morgan fingerprint density at radius 1 is 1.56 bits per heavy atom. The van der Waals surface area contributed by atoms with Crippen molar-refractivity contribution >= 4 is 5.78 Å². The second kappa shape index (κ2) is 6.02. The van der Waals surface area contributed by atoms with E-state index in [0.717, 1.165) is 5.92 Å². The summed E-state index contributed by atoms with van der Waals surface area (Å²) in [5.74, 6) is 1.05. The molecule has 1 atom stereocenters. The molecule has 1 radical (unpaired) electrons. The molecule has 1 aromatic rings. The van der Waals surface area contributed by atoms with Crippen molar-refractivity contribution in [1.82, 2.24) is 0 Å². The van der Waals surface area contributed by atoms with E-state index in [0.29, 0.717) is 12.2 Å². The first-order valence-corrected chi connectivity index (χ1v) is 5.75. The van der Waals surface area contributed by atoms with Gasteiger partial charge in [-0.15, -0.1) is 0 Å². The largest absolute Gasteiger partial charge is 0.292 e. The molecule has 3 heteroatoms. The van der Waals surface area contributed by atoms with Crippen LogP contribution in [0.2, 0.25) is 0 Å². The fourth-order valence-corrected chi connectivity index (χ4v) is 1.87. The second-order valence-electron chi connectivity index (χ2n) is 4.35. The van der Waals surface area contributed by atoms with E-state index in [9.17, 15) is 4.79 Å². The molecule has 2 rings (SSSR count). The molecule has 1 fully saturated rings. The topological polar surface area (TPSA) is 20.9 Å². The molecule has 1 aromatic heterocycles. The van der Waals surface area contributed by atoms with Crippen LogP contribution < -0.4 is 4.57 Å². The second-order valence-corrected chi connectivity index (χ2v) is 4.35. The van der Waals surface area contributed by atoms with Crippen molar-refractivity contribution in [1.29, 1.82) is 0 Å². The van der Waals surface area contributed by atoms with Gasteiger partial charge in [0.15, 0.2) is 18.2 Å². The number of ketones is 1. The molecular weight excluding hydrogens is 275 g/mol. The van der Waals surface area contributed by atoms with E-state index in [1.54, 1.807) is 0 Å². The Morgan fingerprint density at radius 3 is 2.81 bits per heavy atom. The molecule has 0 saturated heterocycles. The van der Waals surface area contributed by atoms with Gasteiger partial charge < -0.3 is 0 Å². The quantitative estimate of drug-likeness (QED) is 0.781. The molecule has 1 heterocycles. The normalized spacial score (nSPS) is 16.4. The molecule has 1 unspecified atom stereocenters. The van der Waals surface area contributed by atoms with Crippen molar-refractivity contribution in [3.63, 3.8) is 0 Å². The number of carbonyl (C=O) groups excluding carboxylic acids is 1. The minimum absolute atomic E-state index is 0. The Kier molecular flexibility index (Phi) is 5.26. The summed E-state index contributed by atoms with van der Waals surface area (Å²) < 4.78 is 2.04. The standard InChI is InChI=1S/C13H18NO.Y/c1-3-13(15)10(2)14-8-4-5-12(9-14)11-6-7-11;/h4-5,8-11H,3,6-7H2,1-2H3;/q+1;. The van der Waals surface area contributed by atoms with Crippen LogP contribution in [0.5, 0.6) is 0 Å². The predicted octanol–water partition coefficient (Wildman–Crippen LogP) is 2.39. The fraction of sp³-hybridized carbons (Fsp3) is 0.538. The minimum Gasteiger partial charge on any atom is -0.292 e. The predicted molar refractivity (Wildman–Crippen MR) is 58.6 cm³/mol. The van der Waals surface area contributed by atoms with E-state index >= 15 is 0 Å². The van der Waals surface area contributed by atoms with Gasteiger partial charge in [-0.05, 0) is 24.8 Å². The molecule has 1 saturated carbocycles. The van der Waals surface area contributed by atoms with Crippen molar-refractivity contribution in [3.05, 3.63) is 30.1 Å². The maximum atomic E-state index is 11.6. The number of hydrogen-bond donors (Lipinski definition) is 0. The van der Waals surface area contributed by atoms with Gasteiger partial charge >= 0.3 is 0 Å². The summed E-state index contributed by atoms with van der Waals surface area (Å²) in [5, 5.41) is 0. The van der Waals surface area contributed by atoms with E-state index in [-0.39, 0.29) is 38.8 Å². The smallest absolute Gasteiger partial charge is 0.213 e. The van der Waals surface area contributed by atoms with E-state index < -0.39 is 0 Å².